The minimum Gasteiger partial charge on any atom is -0.348 e. The molecule has 0 spiro atoms. The third kappa shape index (κ3) is 6.78. The zero-order chi connectivity index (χ0) is 25.9. The first-order valence-corrected chi connectivity index (χ1v) is 13.5. The van der Waals surface area contributed by atoms with Gasteiger partial charge >= 0.3 is 0 Å². The Labute approximate surface area is 222 Å². The lowest BCUT2D eigenvalue weighted by molar-refractivity contribution is -0.122. The molecule has 3 aromatic carbocycles. The van der Waals surface area contributed by atoms with Gasteiger partial charge in [-0.1, -0.05) is 53.0 Å². The number of nitrogens with one attached hydrogen (secondary N) is 1. The Morgan fingerprint density at radius 2 is 1.51 bits per heavy atom. The van der Waals surface area contributed by atoms with Crippen LogP contribution in [0.3, 0.4) is 0 Å². The Balaban J connectivity index is 1.88. The van der Waals surface area contributed by atoms with Crippen molar-refractivity contribution < 1.29 is 13.2 Å². The van der Waals surface area contributed by atoms with E-state index in [4.69, 9.17) is 34.8 Å². The average molecular weight is 554 g/mol. The van der Waals surface area contributed by atoms with Gasteiger partial charge in [-0.2, -0.15) is 4.31 Å². The van der Waals surface area contributed by atoms with Crippen LogP contribution in [0.4, 0.5) is 0 Å². The Kier molecular flexibility index (Phi) is 8.89. The van der Waals surface area contributed by atoms with Crippen molar-refractivity contribution in [2.45, 2.75) is 45.2 Å². The predicted octanol–water partition coefficient (Wildman–Crippen LogP) is 6.64. The number of sulfonamides is 1. The number of carbonyl (C=O) groups is 1. The highest BCUT2D eigenvalue weighted by molar-refractivity contribution is 7.89. The molecular weight excluding hydrogens is 527 g/mol. The number of halogens is 3. The van der Waals surface area contributed by atoms with Crippen LogP contribution in [0.2, 0.25) is 15.1 Å². The van der Waals surface area contributed by atoms with E-state index in [9.17, 15) is 13.2 Å². The molecule has 0 aliphatic heterocycles. The summed E-state index contributed by atoms with van der Waals surface area (Å²) in [5, 5.41) is 4.01. The quantitative estimate of drug-likeness (QED) is 0.340. The molecule has 0 aromatic heterocycles. The lowest BCUT2D eigenvalue weighted by Crippen LogP contribution is -2.41. The number of nitrogens with zero attached hydrogens (tertiary/aromatic N) is 1. The van der Waals surface area contributed by atoms with Crippen molar-refractivity contribution in [3.8, 4) is 0 Å². The van der Waals surface area contributed by atoms with Gasteiger partial charge in [-0.05, 0) is 91.9 Å². The van der Waals surface area contributed by atoms with Gasteiger partial charge in [0.1, 0.15) is 0 Å². The number of hydrogen-bond donors (Lipinski definition) is 1. The van der Waals surface area contributed by atoms with Crippen LogP contribution in [0.25, 0.3) is 0 Å². The first-order valence-electron chi connectivity index (χ1n) is 10.9. The molecule has 0 fully saturated rings. The standard InChI is InChI=1S/C26H27Cl3N2O3S/c1-16-11-18(3)23(12-17(16)2)19(4)30-26(32)15-31(14-20-5-10-24(28)25(29)13-20)35(33,34)22-8-6-21(27)7-9-22/h5-13,19H,14-15H2,1-4H3,(H,30,32)/t19-/m0/s1. The zero-order valence-corrected chi connectivity index (χ0v) is 23.0. The molecule has 0 radical (unpaired) electrons. The lowest BCUT2D eigenvalue weighted by atomic mass is 9.96. The molecule has 3 rings (SSSR count). The second-order valence-electron chi connectivity index (χ2n) is 8.56. The molecule has 1 atom stereocenters. The highest BCUT2D eigenvalue weighted by Crippen LogP contribution is 2.26. The van der Waals surface area contributed by atoms with E-state index in [2.05, 4.69) is 11.4 Å². The summed E-state index contributed by atoms with van der Waals surface area (Å²) >= 11 is 18.1. The maximum Gasteiger partial charge on any atom is 0.243 e. The number of benzene rings is 3. The minimum atomic E-state index is -4.02. The molecule has 0 saturated carbocycles. The minimum absolute atomic E-state index is 0.0350. The largest absolute Gasteiger partial charge is 0.348 e. The van der Waals surface area contributed by atoms with Gasteiger partial charge in [0.05, 0.1) is 27.5 Å². The highest BCUT2D eigenvalue weighted by atomic mass is 35.5. The summed E-state index contributed by atoms with van der Waals surface area (Å²) < 4.78 is 28.1. The van der Waals surface area contributed by atoms with Gasteiger partial charge in [-0.15, -0.1) is 0 Å². The van der Waals surface area contributed by atoms with E-state index in [1.165, 1.54) is 29.8 Å². The van der Waals surface area contributed by atoms with E-state index >= 15 is 0 Å². The van der Waals surface area contributed by atoms with Crippen molar-refractivity contribution in [3.05, 3.63) is 97.5 Å². The number of hydrogen-bond acceptors (Lipinski definition) is 3. The molecule has 0 heterocycles. The van der Waals surface area contributed by atoms with Crippen LogP contribution in [-0.4, -0.2) is 25.2 Å². The predicted molar refractivity (Wildman–Crippen MR) is 143 cm³/mol. The summed E-state index contributed by atoms with van der Waals surface area (Å²) in [7, 11) is -4.02. The first-order chi connectivity index (χ1) is 16.4. The van der Waals surface area contributed by atoms with Crippen LogP contribution in [0.15, 0.2) is 59.5 Å². The van der Waals surface area contributed by atoms with Gasteiger partial charge in [0.15, 0.2) is 0 Å². The smallest absolute Gasteiger partial charge is 0.243 e. The number of carbonyl (C=O) groups excluding carboxylic acids is 1. The SMILES string of the molecule is Cc1cc(C)c([C@H](C)NC(=O)CN(Cc2ccc(Cl)c(Cl)c2)S(=O)(=O)c2ccc(Cl)cc2)cc1C. The van der Waals surface area contributed by atoms with Crippen molar-refractivity contribution in [2.75, 3.05) is 6.54 Å². The van der Waals surface area contributed by atoms with Crippen molar-refractivity contribution in [1.82, 2.24) is 9.62 Å². The highest BCUT2D eigenvalue weighted by Gasteiger charge is 2.28. The van der Waals surface area contributed by atoms with E-state index in [0.29, 0.717) is 20.6 Å². The summed E-state index contributed by atoms with van der Waals surface area (Å²) in [4.78, 5) is 13.1. The molecule has 186 valence electrons. The molecule has 0 saturated heterocycles. The summed E-state index contributed by atoms with van der Waals surface area (Å²) in [6.45, 7) is 7.49. The van der Waals surface area contributed by atoms with Crippen molar-refractivity contribution >= 4 is 50.7 Å². The molecule has 9 heteroatoms. The monoisotopic (exact) mass is 552 g/mol. The van der Waals surface area contributed by atoms with Gasteiger partial charge in [-0.3, -0.25) is 4.79 Å². The van der Waals surface area contributed by atoms with E-state index in [0.717, 1.165) is 21.0 Å². The van der Waals surface area contributed by atoms with E-state index in [1.807, 2.05) is 33.8 Å². The van der Waals surface area contributed by atoms with Crippen LogP contribution >= 0.6 is 34.8 Å². The fraction of sp³-hybridized carbons (Fsp3) is 0.269. The summed E-state index contributed by atoms with van der Waals surface area (Å²) in [5.41, 5.74) is 4.94. The summed E-state index contributed by atoms with van der Waals surface area (Å²) in [5.74, 6) is -0.423. The zero-order valence-electron chi connectivity index (χ0n) is 19.9. The lowest BCUT2D eigenvalue weighted by Gasteiger charge is -2.24. The maximum absolute atomic E-state index is 13.5. The van der Waals surface area contributed by atoms with Crippen LogP contribution in [0.1, 0.15) is 40.8 Å². The van der Waals surface area contributed by atoms with Crippen LogP contribution in [0.5, 0.6) is 0 Å². The Bertz CT molecular complexity index is 1340. The van der Waals surface area contributed by atoms with Crippen LogP contribution in [0, 0.1) is 20.8 Å². The second kappa shape index (κ2) is 11.3. The van der Waals surface area contributed by atoms with E-state index in [-0.39, 0.29) is 24.0 Å². The molecule has 0 aliphatic carbocycles. The van der Waals surface area contributed by atoms with Crippen molar-refractivity contribution in [3.63, 3.8) is 0 Å². The topological polar surface area (TPSA) is 66.5 Å². The third-order valence-corrected chi connectivity index (χ3v) is 8.64. The van der Waals surface area contributed by atoms with Crippen molar-refractivity contribution in [1.29, 1.82) is 0 Å². The van der Waals surface area contributed by atoms with Gasteiger partial charge in [-0.25, -0.2) is 8.42 Å². The van der Waals surface area contributed by atoms with Crippen LogP contribution in [-0.2, 0) is 21.4 Å². The maximum atomic E-state index is 13.5. The fourth-order valence-electron chi connectivity index (χ4n) is 3.80. The molecule has 1 amide bonds. The van der Waals surface area contributed by atoms with Gasteiger partial charge in [0.2, 0.25) is 15.9 Å². The Hall–Kier alpha value is -2.09. The molecule has 3 aromatic rings. The summed E-state index contributed by atoms with van der Waals surface area (Å²) in [6, 6.07) is 14.5. The normalized spacial score (nSPS) is 12.6. The van der Waals surface area contributed by atoms with Crippen LogP contribution < -0.4 is 5.32 Å². The number of aryl methyl sites for hydroxylation is 3. The molecule has 0 unspecified atom stereocenters. The van der Waals surface area contributed by atoms with Crippen molar-refractivity contribution in [2.24, 2.45) is 0 Å². The average Bonchev–Trinajstić information content (AvgIpc) is 2.78. The Morgan fingerprint density at radius 1 is 0.886 bits per heavy atom. The number of amides is 1. The molecule has 0 aliphatic rings. The third-order valence-electron chi connectivity index (χ3n) is 5.84. The van der Waals surface area contributed by atoms with Gasteiger partial charge in [0, 0.05) is 11.6 Å². The fourth-order valence-corrected chi connectivity index (χ4v) is 5.63. The summed E-state index contributed by atoms with van der Waals surface area (Å²) in [6.07, 6.45) is 0. The molecule has 0 bridgehead atoms. The molecule has 5 nitrogen and oxygen atoms in total. The van der Waals surface area contributed by atoms with Gasteiger partial charge in [0.25, 0.3) is 0 Å². The number of rotatable bonds is 8. The van der Waals surface area contributed by atoms with E-state index in [1.54, 1.807) is 18.2 Å². The Morgan fingerprint density at radius 3 is 2.14 bits per heavy atom. The van der Waals surface area contributed by atoms with E-state index < -0.39 is 15.9 Å². The molecular formula is C26H27Cl3N2O3S. The first kappa shape index (κ1) is 27.5. The molecule has 35 heavy (non-hydrogen) atoms. The second-order valence-corrected chi connectivity index (χ2v) is 11.7. The molecule has 1 N–H and O–H groups in total. The van der Waals surface area contributed by atoms with Gasteiger partial charge < -0.3 is 5.32 Å².